The molecule has 180 valence electrons. The molecule has 3 aliphatic rings. The molecular weight excluding hydrogens is 449 g/mol. The van der Waals surface area contributed by atoms with Crippen molar-refractivity contribution in [3.05, 3.63) is 65.2 Å². The highest BCUT2D eigenvalue weighted by atomic mass is 19.1. The van der Waals surface area contributed by atoms with E-state index in [-0.39, 0.29) is 36.2 Å². The third-order valence-corrected chi connectivity index (χ3v) is 6.85. The van der Waals surface area contributed by atoms with E-state index in [2.05, 4.69) is 0 Å². The lowest BCUT2D eigenvalue weighted by atomic mass is 9.89. The Morgan fingerprint density at radius 3 is 2.47 bits per heavy atom. The quantitative estimate of drug-likeness (QED) is 0.661. The number of carbonyl (C=O) groups excluding carboxylic acids is 2. The van der Waals surface area contributed by atoms with Crippen molar-refractivity contribution in [3.63, 3.8) is 0 Å². The number of alkyl halides is 1. The van der Waals surface area contributed by atoms with Crippen molar-refractivity contribution in [2.75, 3.05) is 13.1 Å². The average Bonchev–Trinajstić information content (AvgIpc) is 3.31. The van der Waals surface area contributed by atoms with Crippen LogP contribution in [0.2, 0.25) is 0 Å². The van der Waals surface area contributed by atoms with Gasteiger partial charge in [-0.2, -0.15) is 0 Å². The summed E-state index contributed by atoms with van der Waals surface area (Å²) in [5, 5.41) is 0. The zero-order valence-corrected chi connectivity index (χ0v) is 18.7. The molecule has 0 bridgehead atoms. The summed E-state index contributed by atoms with van der Waals surface area (Å²) in [7, 11) is 0. The van der Waals surface area contributed by atoms with E-state index >= 15 is 0 Å². The Balaban J connectivity index is 1.30. The second kappa shape index (κ2) is 8.61. The lowest BCUT2D eigenvalue weighted by Crippen LogP contribution is -2.51. The van der Waals surface area contributed by atoms with Crippen LogP contribution in [0.5, 0.6) is 5.75 Å². The highest BCUT2D eigenvalue weighted by molar-refractivity contribution is 5.97. The van der Waals surface area contributed by atoms with Crippen molar-refractivity contribution in [2.24, 2.45) is 0 Å². The molecule has 9 heteroatoms. The van der Waals surface area contributed by atoms with E-state index in [1.165, 1.54) is 19.1 Å². The highest BCUT2D eigenvalue weighted by Crippen LogP contribution is 2.48. The van der Waals surface area contributed by atoms with Crippen LogP contribution >= 0.6 is 0 Å². The van der Waals surface area contributed by atoms with E-state index in [4.69, 9.17) is 9.47 Å². The van der Waals surface area contributed by atoms with Gasteiger partial charge in [0, 0.05) is 38.9 Å². The molecule has 3 heterocycles. The van der Waals surface area contributed by atoms with E-state index in [1.807, 2.05) is 0 Å². The van der Waals surface area contributed by atoms with Crippen LogP contribution in [0.25, 0.3) is 0 Å². The molecule has 0 saturated carbocycles. The smallest absolute Gasteiger partial charge is 0.257 e. The summed E-state index contributed by atoms with van der Waals surface area (Å²) in [5.41, 5.74) is -0.383. The third-order valence-electron chi connectivity index (χ3n) is 6.85. The van der Waals surface area contributed by atoms with Crippen LogP contribution in [-0.2, 0) is 9.53 Å². The minimum absolute atomic E-state index is 0.168. The number of piperidine rings is 1. The van der Waals surface area contributed by atoms with Gasteiger partial charge < -0.3 is 19.3 Å². The number of hydrogen-bond donors (Lipinski definition) is 0. The molecule has 6 nitrogen and oxygen atoms in total. The van der Waals surface area contributed by atoms with Crippen LogP contribution in [0.3, 0.4) is 0 Å². The number of hydrogen-bond acceptors (Lipinski definition) is 4. The van der Waals surface area contributed by atoms with Gasteiger partial charge in [0.05, 0.1) is 11.6 Å². The molecule has 2 aromatic carbocycles. The first-order valence-corrected chi connectivity index (χ1v) is 11.4. The standard InChI is InChI=1S/C25H25F3N2O4/c1-15(26)33-21-5-3-2-4-19(21)23(31)29-10-8-25(9-11-29)24(32)30-20(6-7-22(30)34-25)16-12-17(27)14-18(28)13-16/h2-5,12-15,20,22H,6-11H2,1H3/t15?,20-,22+/m0/s1. The summed E-state index contributed by atoms with van der Waals surface area (Å²) in [4.78, 5) is 29.8. The monoisotopic (exact) mass is 474 g/mol. The predicted octanol–water partition coefficient (Wildman–Crippen LogP) is 4.35. The first-order chi connectivity index (χ1) is 16.3. The molecule has 34 heavy (non-hydrogen) atoms. The fourth-order valence-electron chi connectivity index (χ4n) is 5.30. The van der Waals surface area contributed by atoms with Gasteiger partial charge in [-0.15, -0.1) is 0 Å². The SMILES string of the molecule is CC(F)Oc1ccccc1C(=O)N1CCC2(CC1)O[C@@H]1CC[C@@H](c3cc(F)cc(F)c3)N1C2=O. The zero-order chi connectivity index (χ0) is 24.0. The highest BCUT2D eigenvalue weighted by Gasteiger charge is 2.58. The van der Waals surface area contributed by atoms with Crippen LogP contribution in [0.15, 0.2) is 42.5 Å². The largest absolute Gasteiger partial charge is 0.460 e. The molecule has 2 aromatic rings. The van der Waals surface area contributed by atoms with Crippen molar-refractivity contribution in [1.29, 1.82) is 0 Å². The molecule has 0 N–H and O–H groups in total. The topological polar surface area (TPSA) is 59.1 Å². The van der Waals surface area contributed by atoms with Gasteiger partial charge in [-0.1, -0.05) is 12.1 Å². The Morgan fingerprint density at radius 1 is 1.12 bits per heavy atom. The maximum atomic E-state index is 13.8. The molecule has 3 saturated heterocycles. The second-order valence-electron chi connectivity index (χ2n) is 9.02. The van der Waals surface area contributed by atoms with Crippen LogP contribution < -0.4 is 4.74 Å². The summed E-state index contributed by atoms with van der Waals surface area (Å²) in [6, 6.07) is 9.35. The molecule has 2 amide bonds. The molecule has 1 unspecified atom stereocenters. The molecule has 1 spiro atoms. The van der Waals surface area contributed by atoms with E-state index in [1.54, 1.807) is 34.1 Å². The summed E-state index contributed by atoms with van der Waals surface area (Å²) in [5.74, 6) is -1.70. The van der Waals surface area contributed by atoms with Crippen LogP contribution in [-0.4, -0.2) is 52.9 Å². The van der Waals surface area contributed by atoms with Gasteiger partial charge in [-0.05, 0) is 42.7 Å². The van der Waals surface area contributed by atoms with Crippen LogP contribution in [0, 0.1) is 11.6 Å². The van der Waals surface area contributed by atoms with Gasteiger partial charge in [0.25, 0.3) is 11.8 Å². The van der Waals surface area contributed by atoms with Crippen molar-refractivity contribution < 1.29 is 32.2 Å². The number of fused-ring (bicyclic) bond motifs is 1. The van der Waals surface area contributed by atoms with Gasteiger partial charge in [0.15, 0.2) is 5.60 Å². The van der Waals surface area contributed by atoms with Crippen LogP contribution in [0.1, 0.15) is 54.6 Å². The molecule has 3 fully saturated rings. The Labute approximate surface area is 195 Å². The second-order valence-corrected chi connectivity index (χ2v) is 9.02. The lowest BCUT2D eigenvalue weighted by Gasteiger charge is -2.37. The van der Waals surface area contributed by atoms with Crippen molar-refractivity contribution >= 4 is 11.8 Å². The summed E-state index contributed by atoms with van der Waals surface area (Å²) in [6.45, 7) is 1.81. The normalized spacial score (nSPS) is 24.4. The Morgan fingerprint density at radius 2 is 1.79 bits per heavy atom. The zero-order valence-electron chi connectivity index (χ0n) is 18.7. The van der Waals surface area contributed by atoms with Gasteiger partial charge >= 0.3 is 0 Å². The van der Waals surface area contributed by atoms with Gasteiger partial charge in [-0.25, -0.2) is 13.2 Å². The number of likely N-dealkylation sites (tertiary alicyclic amines) is 1. The van der Waals surface area contributed by atoms with E-state index in [0.717, 1.165) is 6.07 Å². The number of ether oxygens (including phenoxy) is 2. The van der Waals surface area contributed by atoms with E-state index < -0.39 is 35.9 Å². The van der Waals surface area contributed by atoms with Gasteiger partial charge in [0.1, 0.15) is 23.6 Å². The van der Waals surface area contributed by atoms with Crippen molar-refractivity contribution in [2.45, 2.75) is 56.8 Å². The Bertz CT molecular complexity index is 1100. The summed E-state index contributed by atoms with van der Waals surface area (Å²) in [6.07, 6.45) is -0.272. The minimum atomic E-state index is -1.56. The first-order valence-electron chi connectivity index (χ1n) is 11.4. The Hall–Kier alpha value is -3.07. The van der Waals surface area contributed by atoms with Crippen molar-refractivity contribution in [3.8, 4) is 5.75 Å². The number of nitrogens with zero attached hydrogens (tertiary/aromatic N) is 2. The number of rotatable bonds is 4. The van der Waals surface area contributed by atoms with E-state index in [9.17, 15) is 22.8 Å². The number of para-hydroxylation sites is 1. The lowest BCUT2D eigenvalue weighted by molar-refractivity contribution is -0.142. The molecule has 3 aliphatic heterocycles. The van der Waals surface area contributed by atoms with E-state index in [0.29, 0.717) is 31.2 Å². The first kappa shape index (κ1) is 22.7. The number of benzene rings is 2. The predicted molar refractivity (Wildman–Crippen MR) is 116 cm³/mol. The average molecular weight is 474 g/mol. The van der Waals surface area contributed by atoms with Gasteiger partial charge in [-0.3, -0.25) is 9.59 Å². The minimum Gasteiger partial charge on any atom is -0.460 e. The number of carbonyl (C=O) groups is 2. The molecule has 0 aromatic heterocycles. The summed E-state index contributed by atoms with van der Waals surface area (Å²) >= 11 is 0. The maximum absolute atomic E-state index is 13.8. The molecule has 3 atom stereocenters. The third kappa shape index (κ3) is 3.91. The van der Waals surface area contributed by atoms with Gasteiger partial charge in [0.2, 0.25) is 6.36 Å². The number of amides is 2. The maximum Gasteiger partial charge on any atom is 0.257 e. The molecular formula is C25H25F3N2O4. The fraction of sp³-hybridized carbons (Fsp3) is 0.440. The molecule has 0 aliphatic carbocycles. The molecule has 0 radical (unpaired) electrons. The van der Waals surface area contributed by atoms with Crippen LogP contribution in [0.4, 0.5) is 13.2 Å². The number of halogens is 3. The Kier molecular flexibility index (Phi) is 5.75. The molecule has 5 rings (SSSR count). The summed E-state index contributed by atoms with van der Waals surface area (Å²) < 4.78 is 52.3. The van der Waals surface area contributed by atoms with Crippen molar-refractivity contribution in [1.82, 2.24) is 9.80 Å². The fourth-order valence-corrected chi connectivity index (χ4v) is 5.30.